The number of carbonyl (C=O) groups is 4. The summed E-state index contributed by atoms with van der Waals surface area (Å²) < 4.78 is 42.4. The van der Waals surface area contributed by atoms with Crippen LogP contribution in [0.1, 0.15) is 38.2 Å². The van der Waals surface area contributed by atoms with Gasteiger partial charge in [-0.05, 0) is 37.3 Å². The molecule has 2 fully saturated rings. The van der Waals surface area contributed by atoms with Gasteiger partial charge in [-0.15, -0.1) is 0 Å². The van der Waals surface area contributed by atoms with Crippen molar-refractivity contribution in [3.05, 3.63) is 23.9 Å². The van der Waals surface area contributed by atoms with Gasteiger partial charge in [0.2, 0.25) is 11.8 Å². The Morgan fingerprint density at radius 1 is 1.29 bits per heavy atom. The van der Waals surface area contributed by atoms with Crippen LogP contribution < -0.4 is 10.6 Å². The molecule has 1 saturated carbocycles. The Balaban J connectivity index is 1.67. The fourth-order valence-electron chi connectivity index (χ4n) is 4.20. The fraction of sp³-hybridized carbons (Fsp3) is 0.545. The number of amides is 2. The van der Waals surface area contributed by atoms with Gasteiger partial charge in [0, 0.05) is 31.1 Å². The number of anilines is 1. The van der Waals surface area contributed by atoms with Gasteiger partial charge in [0.1, 0.15) is 23.6 Å². The molecule has 4 atom stereocenters. The molecule has 3 N–H and O–H groups in total. The van der Waals surface area contributed by atoms with Gasteiger partial charge in [-0.3, -0.25) is 19.8 Å². The van der Waals surface area contributed by atoms with Crippen molar-refractivity contribution in [1.29, 1.82) is 5.41 Å². The zero-order chi connectivity index (χ0) is 25.9. The number of ketones is 1. The summed E-state index contributed by atoms with van der Waals surface area (Å²) >= 11 is 0. The van der Waals surface area contributed by atoms with Gasteiger partial charge in [0.25, 0.3) is 0 Å². The topological polar surface area (TPSA) is 142 Å². The second-order valence-corrected chi connectivity index (χ2v) is 8.54. The monoisotopic (exact) mass is 497 g/mol. The van der Waals surface area contributed by atoms with Crippen LogP contribution in [-0.2, 0) is 23.9 Å². The third-order valence-corrected chi connectivity index (χ3v) is 6.05. The van der Waals surface area contributed by atoms with Crippen molar-refractivity contribution in [2.24, 2.45) is 5.92 Å². The maximum atomic E-state index is 13.0. The third kappa shape index (κ3) is 6.34. The van der Waals surface area contributed by atoms with E-state index in [1.807, 2.05) is 0 Å². The number of halogens is 3. The lowest BCUT2D eigenvalue weighted by atomic mass is 10.1. The minimum atomic E-state index is -4.51. The molecule has 2 amide bonds. The first-order valence-corrected chi connectivity index (χ1v) is 11.0. The number of piperidine rings is 1. The van der Waals surface area contributed by atoms with Gasteiger partial charge in [0.05, 0.1) is 13.7 Å². The highest BCUT2D eigenvalue weighted by Gasteiger charge is 2.56. The summed E-state index contributed by atoms with van der Waals surface area (Å²) in [5.74, 6) is -2.40. The van der Waals surface area contributed by atoms with Gasteiger partial charge in [-0.2, -0.15) is 13.2 Å². The van der Waals surface area contributed by atoms with Gasteiger partial charge in [-0.1, -0.05) is 0 Å². The Morgan fingerprint density at radius 2 is 2.00 bits per heavy atom. The van der Waals surface area contributed by atoms with E-state index in [9.17, 15) is 32.3 Å². The van der Waals surface area contributed by atoms with E-state index in [0.29, 0.717) is 12.8 Å². The molecule has 35 heavy (non-hydrogen) atoms. The third-order valence-electron chi connectivity index (χ3n) is 6.05. The standard InChI is InChI=1S/C22H26F3N5O5/c1-11(31)18(26)13-4-3-7-27-19(13)28-10-17(32)30-15-8-12(15)9-16(30)20(33)29-14(21(34)35-2)5-6-22(23,24)25/h3-4,7,12,14-16,26H,5-6,8-10H2,1-2H3,(H,27,28)(H,29,33)/t12-,14?,15-,16+/m1/s1. The fourth-order valence-corrected chi connectivity index (χ4v) is 4.20. The van der Waals surface area contributed by atoms with Crippen LogP contribution in [0.25, 0.3) is 0 Å². The van der Waals surface area contributed by atoms with Crippen molar-refractivity contribution in [1.82, 2.24) is 15.2 Å². The van der Waals surface area contributed by atoms with Gasteiger partial charge in [-0.25, -0.2) is 9.78 Å². The smallest absolute Gasteiger partial charge is 0.389 e. The lowest BCUT2D eigenvalue weighted by molar-refractivity contribution is -0.151. The second-order valence-electron chi connectivity index (χ2n) is 8.54. The van der Waals surface area contributed by atoms with Gasteiger partial charge < -0.3 is 20.3 Å². The first-order valence-electron chi connectivity index (χ1n) is 11.0. The average Bonchev–Trinajstić information content (AvgIpc) is 3.47. The molecule has 0 spiro atoms. The molecule has 1 aromatic heterocycles. The number of alkyl halides is 3. The highest BCUT2D eigenvalue weighted by molar-refractivity contribution is 6.45. The van der Waals surface area contributed by atoms with E-state index in [1.165, 1.54) is 24.1 Å². The summed E-state index contributed by atoms with van der Waals surface area (Å²) in [6.45, 7) is 0.956. The molecule has 0 bridgehead atoms. The van der Waals surface area contributed by atoms with Crippen molar-refractivity contribution in [3.63, 3.8) is 0 Å². The van der Waals surface area contributed by atoms with Crippen molar-refractivity contribution < 1.29 is 37.1 Å². The maximum Gasteiger partial charge on any atom is 0.389 e. The van der Waals surface area contributed by atoms with E-state index in [2.05, 4.69) is 20.4 Å². The molecule has 2 heterocycles. The van der Waals surface area contributed by atoms with E-state index in [4.69, 9.17) is 5.41 Å². The van der Waals surface area contributed by atoms with Crippen LogP contribution in [0.15, 0.2) is 18.3 Å². The molecule has 1 aromatic rings. The zero-order valence-corrected chi connectivity index (χ0v) is 19.1. The number of likely N-dealkylation sites (tertiary alicyclic amines) is 1. The number of ether oxygens (including phenoxy) is 1. The normalized spacial score (nSPS) is 21.5. The van der Waals surface area contributed by atoms with Crippen LogP contribution in [0.5, 0.6) is 0 Å². The Kier molecular flexibility index (Phi) is 7.76. The van der Waals surface area contributed by atoms with Crippen LogP contribution in [0.3, 0.4) is 0 Å². The van der Waals surface area contributed by atoms with Crippen LogP contribution in [0.4, 0.5) is 19.0 Å². The Morgan fingerprint density at radius 3 is 2.63 bits per heavy atom. The number of Topliss-reactive ketones (excluding diaryl/α,β-unsaturated/α-hetero) is 1. The highest BCUT2D eigenvalue weighted by Crippen LogP contribution is 2.47. The predicted molar refractivity (Wildman–Crippen MR) is 117 cm³/mol. The van der Waals surface area contributed by atoms with E-state index in [0.717, 1.165) is 7.11 Å². The zero-order valence-electron chi connectivity index (χ0n) is 19.1. The molecular weight excluding hydrogens is 471 g/mol. The number of methoxy groups -OCH3 is 1. The number of fused-ring (bicyclic) bond motifs is 1. The number of hydrogen-bond donors (Lipinski definition) is 3. The van der Waals surface area contributed by atoms with Crippen LogP contribution in [0.2, 0.25) is 0 Å². The molecule has 2 aliphatic rings. The molecule has 1 aliphatic heterocycles. The van der Waals surface area contributed by atoms with Crippen molar-refractivity contribution in [2.45, 2.75) is 56.9 Å². The minimum Gasteiger partial charge on any atom is -0.467 e. The number of aromatic nitrogens is 1. The summed E-state index contributed by atoms with van der Waals surface area (Å²) in [6.07, 6.45) is -4.00. The summed E-state index contributed by atoms with van der Waals surface area (Å²) in [4.78, 5) is 54.8. The molecule has 1 aliphatic carbocycles. The van der Waals surface area contributed by atoms with Crippen LogP contribution in [-0.4, -0.2) is 77.1 Å². The van der Waals surface area contributed by atoms with Crippen molar-refractivity contribution in [3.8, 4) is 0 Å². The largest absolute Gasteiger partial charge is 0.467 e. The highest BCUT2D eigenvalue weighted by atomic mass is 19.4. The molecule has 10 nitrogen and oxygen atoms in total. The quantitative estimate of drug-likeness (QED) is 0.328. The molecular formula is C22H26F3N5O5. The number of rotatable bonds is 10. The molecule has 1 saturated heterocycles. The number of nitrogens with zero attached hydrogens (tertiary/aromatic N) is 2. The Labute approximate surface area is 199 Å². The second kappa shape index (κ2) is 10.4. The summed E-state index contributed by atoms with van der Waals surface area (Å²) in [5, 5.41) is 13.0. The molecule has 1 unspecified atom stereocenters. The number of esters is 1. The molecule has 13 heteroatoms. The molecule has 0 aromatic carbocycles. The van der Waals surface area contributed by atoms with Gasteiger partial charge in [0.15, 0.2) is 5.78 Å². The van der Waals surface area contributed by atoms with Crippen LogP contribution >= 0.6 is 0 Å². The number of hydrogen-bond acceptors (Lipinski definition) is 8. The molecule has 0 radical (unpaired) electrons. The van der Waals surface area contributed by atoms with Crippen molar-refractivity contribution in [2.75, 3.05) is 19.0 Å². The molecule has 190 valence electrons. The SMILES string of the molecule is COC(=O)C(CCC(F)(F)F)NC(=O)[C@@H]1C[C@H]2C[C@H]2N1C(=O)CNc1ncccc1C(=N)C(C)=O. The first-order chi connectivity index (χ1) is 16.4. The first kappa shape index (κ1) is 26.1. The Bertz CT molecular complexity index is 1030. The lowest BCUT2D eigenvalue weighted by Crippen LogP contribution is -2.53. The van der Waals surface area contributed by atoms with Crippen molar-refractivity contribution >= 4 is 35.1 Å². The summed E-state index contributed by atoms with van der Waals surface area (Å²) in [7, 11) is 1.01. The number of carbonyl (C=O) groups excluding carboxylic acids is 4. The Hall–Kier alpha value is -3.51. The number of nitrogens with one attached hydrogen (secondary N) is 3. The van der Waals surface area contributed by atoms with E-state index in [1.54, 1.807) is 6.07 Å². The maximum absolute atomic E-state index is 13.0. The van der Waals surface area contributed by atoms with E-state index >= 15 is 0 Å². The predicted octanol–water partition coefficient (Wildman–Crippen LogP) is 1.44. The minimum absolute atomic E-state index is 0.0951. The van der Waals surface area contributed by atoms with Gasteiger partial charge >= 0.3 is 12.1 Å². The number of pyridine rings is 1. The average molecular weight is 497 g/mol. The summed E-state index contributed by atoms with van der Waals surface area (Å²) in [6, 6.07) is 0.456. The van der Waals surface area contributed by atoms with E-state index < -0.39 is 54.7 Å². The molecule has 3 rings (SSSR count). The van der Waals surface area contributed by atoms with Crippen LogP contribution in [0, 0.1) is 11.3 Å². The van der Waals surface area contributed by atoms with E-state index in [-0.39, 0.29) is 35.6 Å². The summed E-state index contributed by atoms with van der Waals surface area (Å²) in [5.41, 5.74) is -0.0557. The lowest BCUT2D eigenvalue weighted by Gasteiger charge is -2.28.